The van der Waals surface area contributed by atoms with Crippen LogP contribution in [0.2, 0.25) is 0 Å². The molecule has 25 heavy (non-hydrogen) atoms. The molecular weight excluding hydrogens is 330 g/mol. The van der Waals surface area contributed by atoms with Gasteiger partial charge in [-0.25, -0.2) is 9.97 Å². The lowest BCUT2D eigenvalue weighted by Gasteiger charge is -2.31. The molecule has 0 bridgehead atoms. The Balaban J connectivity index is 1.59. The monoisotopic (exact) mass is 359 g/mol. The lowest BCUT2D eigenvalue weighted by atomic mass is 9.88. The maximum Gasteiger partial charge on any atom is 0.127 e. The zero-order valence-corrected chi connectivity index (χ0v) is 16.3. The zero-order valence-electron chi connectivity index (χ0n) is 15.5. The van der Waals surface area contributed by atoms with Gasteiger partial charge in [0.1, 0.15) is 10.7 Å². The highest BCUT2D eigenvalue weighted by molar-refractivity contribution is 7.18. The highest BCUT2D eigenvalue weighted by Gasteiger charge is 2.22. The molecule has 2 aromatic rings. The summed E-state index contributed by atoms with van der Waals surface area (Å²) >= 11 is 1.91. The summed E-state index contributed by atoms with van der Waals surface area (Å²) < 4.78 is 5.51. The average molecular weight is 360 g/mol. The van der Waals surface area contributed by atoms with Gasteiger partial charge in [-0.15, -0.1) is 11.3 Å². The number of aromatic nitrogens is 2. The molecule has 0 radical (unpaired) electrons. The maximum atomic E-state index is 5.51. The van der Waals surface area contributed by atoms with E-state index < -0.39 is 0 Å². The first-order chi connectivity index (χ1) is 12.2. The standard InChI is InChI=1S/C20H29N3OS/c1-14-21-18(13-23(2)16-8-10-24-11-9-16)17-12-19(25-20(17)22-14)15-6-4-3-5-7-15/h12,15-16H,3-11,13H2,1-2H3. The minimum Gasteiger partial charge on any atom is -0.381 e. The molecule has 0 atom stereocenters. The van der Waals surface area contributed by atoms with Crippen LogP contribution in [-0.2, 0) is 11.3 Å². The fourth-order valence-electron chi connectivity index (χ4n) is 4.32. The molecule has 1 saturated carbocycles. The van der Waals surface area contributed by atoms with Crippen LogP contribution in [0.15, 0.2) is 6.07 Å². The summed E-state index contributed by atoms with van der Waals surface area (Å²) in [5.74, 6) is 1.65. The summed E-state index contributed by atoms with van der Waals surface area (Å²) in [6.45, 7) is 4.71. The van der Waals surface area contributed by atoms with E-state index in [4.69, 9.17) is 14.7 Å². The van der Waals surface area contributed by atoms with Crippen molar-refractivity contribution < 1.29 is 4.74 Å². The molecule has 0 amide bonds. The molecule has 2 fully saturated rings. The van der Waals surface area contributed by atoms with E-state index in [0.29, 0.717) is 6.04 Å². The van der Waals surface area contributed by atoms with E-state index in [2.05, 4.69) is 18.0 Å². The third kappa shape index (κ3) is 3.88. The fourth-order valence-corrected chi connectivity index (χ4v) is 5.58. The average Bonchev–Trinajstić information content (AvgIpc) is 3.07. The second-order valence-electron chi connectivity index (χ2n) is 7.68. The first-order valence-electron chi connectivity index (χ1n) is 9.75. The first kappa shape index (κ1) is 17.4. The van der Waals surface area contributed by atoms with Gasteiger partial charge >= 0.3 is 0 Å². The number of nitrogens with zero attached hydrogens (tertiary/aromatic N) is 3. The van der Waals surface area contributed by atoms with E-state index in [1.807, 2.05) is 18.3 Å². The molecule has 2 aromatic heterocycles. The van der Waals surface area contributed by atoms with Crippen molar-refractivity contribution in [3.8, 4) is 0 Å². The quantitative estimate of drug-likeness (QED) is 0.796. The van der Waals surface area contributed by atoms with E-state index in [0.717, 1.165) is 44.3 Å². The Kier molecular flexibility index (Phi) is 5.34. The van der Waals surface area contributed by atoms with Crippen LogP contribution in [-0.4, -0.2) is 41.2 Å². The smallest absolute Gasteiger partial charge is 0.127 e. The number of aryl methyl sites for hydroxylation is 1. The molecule has 1 saturated heterocycles. The molecule has 4 nitrogen and oxygen atoms in total. The summed E-state index contributed by atoms with van der Waals surface area (Å²) in [5, 5.41) is 1.29. The number of thiophene rings is 1. The largest absolute Gasteiger partial charge is 0.381 e. The third-order valence-corrected chi connectivity index (χ3v) is 7.01. The minimum absolute atomic E-state index is 0.607. The third-order valence-electron chi connectivity index (χ3n) is 5.82. The minimum atomic E-state index is 0.607. The molecule has 2 aliphatic rings. The van der Waals surface area contributed by atoms with E-state index in [-0.39, 0.29) is 0 Å². The maximum absolute atomic E-state index is 5.51. The molecule has 136 valence electrons. The predicted molar refractivity (Wildman–Crippen MR) is 103 cm³/mol. The van der Waals surface area contributed by atoms with Crippen LogP contribution in [0.3, 0.4) is 0 Å². The van der Waals surface area contributed by atoms with Gasteiger partial charge in [0, 0.05) is 36.1 Å². The van der Waals surface area contributed by atoms with Crippen LogP contribution in [0.5, 0.6) is 0 Å². The normalized spacial score (nSPS) is 20.6. The van der Waals surface area contributed by atoms with Crippen molar-refractivity contribution in [2.45, 2.75) is 70.4 Å². The Labute approximate surface area is 154 Å². The topological polar surface area (TPSA) is 38.2 Å². The highest BCUT2D eigenvalue weighted by atomic mass is 32.1. The summed E-state index contributed by atoms with van der Waals surface area (Å²) in [7, 11) is 2.23. The lowest BCUT2D eigenvalue weighted by molar-refractivity contribution is 0.0404. The van der Waals surface area contributed by atoms with E-state index in [9.17, 15) is 0 Å². The molecule has 0 N–H and O–H groups in total. The lowest BCUT2D eigenvalue weighted by Crippen LogP contribution is -2.36. The van der Waals surface area contributed by atoms with Crippen molar-refractivity contribution in [3.63, 3.8) is 0 Å². The van der Waals surface area contributed by atoms with Gasteiger partial charge in [-0.1, -0.05) is 19.3 Å². The number of hydrogen-bond acceptors (Lipinski definition) is 5. The Morgan fingerprint density at radius 3 is 2.64 bits per heavy atom. The van der Waals surface area contributed by atoms with Gasteiger partial charge in [-0.05, 0) is 51.6 Å². The van der Waals surface area contributed by atoms with Crippen molar-refractivity contribution >= 4 is 21.6 Å². The molecule has 0 spiro atoms. The summed E-state index contributed by atoms with van der Waals surface area (Å²) in [5.41, 5.74) is 1.20. The molecular formula is C20H29N3OS. The second-order valence-corrected chi connectivity index (χ2v) is 8.74. The van der Waals surface area contributed by atoms with Crippen LogP contribution in [0, 0.1) is 6.92 Å². The Morgan fingerprint density at radius 2 is 1.88 bits per heavy atom. The van der Waals surface area contributed by atoms with Crippen LogP contribution < -0.4 is 0 Å². The molecule has 5 heteroatoms. The first-order valence-corrected chi connectivity index (χ1v) is 10.6. The van der Waals surface area contributed by atoms with Crippen LogP contribution >= 0.6 is 11.3 Å². The van der Waals surface area contributed by atoms with E-state index >= 15 is 0 Å². The molecule has 1 aliphatic heterocycles. The van der Waals surface area contributed by atoms with Crippen LogP contribution in [0.25, 0.3) is 10.2 Å². The zero-order chi connectivity index (χ0) is 17.2. The number of hydrogen-bond donors (Lipinski definition) is 0. The summed E-state index contributed by atoms with van der Waals surface area (Å²) in [6, 6.07) is 3.01. The Bertz CT molecular complexity index is 717. The van der Waals surface area contributed by atoms with Crippen LogP contribution in [0.4, 0.5) is 0 Å². The molecule has 4 rings (SSSR count). The van der Waals surface area contributed by atoms with Crippen LogP contribution in [0.1, 0.15) is 67.3 Å². The van der Waals surface area contributed by atoms with Crippen molar-refractivity contribution in [1.82, 2.24) is 14.9 Å². The number of rotatable bonds is 4. The van der Waals surface area contributed by atoms with Gasteiger partial charge in [-0.3, -0.25) is 4.90 Å². The summed E-state index contributed by atoms with van der Waals surface area (Å²) in [6.07, 6.45) is 9.10. The summed E-state index contributed by atoms with van der Waals surface area (Å²) in [4.78, 5) is 14.7. The van der Waals surface area contributed by atoms with Gasteiger partial charge in [-0.2, -0.15) is 0 Å². The van der Waals surface area contributed by atoms with Gasteiger partial charge < -0.3 is 4.74 Å². The van der Waals surface area contributed by atoms with E-state index in [1.54, 1.807) is 0 Å². The van der Waals surface area contributed by atoms with Crippen molar-refractivity contribution in [2.75, 3.05) is 20.3 Å². The Morgan fingerprint density at radius 1 is 1.12 bits per heavy atom. The van der Waals surface area contributed by atoms with Crippen molar-refractivity contribution in [2.24, 2.45) is 0 Å². The Hall–Kier alpha value is -1.04. The van der Waals surface area contributed by atoms with Gasteiger partial charge in [0.2, 0.25) is 0 Å². The number of fused-ring (bicyclic) bond motifs is 1. The van der Waals surface area contributed by atoms with Gasteiger partial charge in [0.25, 0.3) is 0 Å². The SMILES string of the molecule is Cc1nc(CN(C)C2CCOCC2)c2cc(C3CCCCC3)sc2n1. The van der Waals surface area contributed by atoms with Gasteiger partial charge in [0.15, 0.2) is 0 Å². The van der Waals surface area contributed by atoms with E-state index in [1.165, 1.54) is 52.9 Å². The molecule has 1 aliphatic carbocycles. The van der Waals surface area contributed by atoms with Crippen molar-refractivity contribution in [1.29, 1.82) is 0 Å². The number of ether oxygens (including phenoxy) is 1. The second kappa shape index (κ2) is 7.68. The fraction of sp³-hybridized carbons (Fsp3) is 0.700. The van der Waals surface area contributed by atoms with Crippen molar-refractivity contribution in [3.05, 3.63) is 22.5 Å². The molecule has 0 unspecified atom stereocenters. The molecule has 3 heterocycles. The predicted octanol–water partition coefficient (Wildman–Crippen LogP) is 4.66. The van der Waals surface area contributed by atoms with Gasteiger partial charge in [0.05, 0.1) is 5.69 Å². The molecule has 0 aromatic carbocycles. The highest BCUT2D eigenvalue weighted by Crippen LogP contribution is 2.39.